The second kappa shape index (κ2) is 5.27. The standard InChI is InChI=1S/C12H19NO2S/c1-10-3-6-16-11(10)7-13-8-12(14-2)4-5-15-9-12/h3,6,13H,4-5,7-9H2,1-2H3. The van der Waals surface area contributed by atoms with Gasteiger partial charge in [0.1, 0.15) is 5.60 Å². The normalized spacial score (nSPS) is 25.1. The molecule has 1 aliphatic heterocycles. The second-order valence-corrected chi connectivity index (χ2v) is 5.32. The molecule has 3 nitrogen and oxygen atoms in total. The third-order valence-corrected chi connectivity index (χ3v) is 4.22. The summed E-state index contributed by atoms with van der Waals surface area (Å²) >= 11 is 1.80. The third-order valence-electron chi connectivity index (χ3n) is 3.20. The lowest BCUT2D eigenvalue weighted by molar-refractivity contribution is -0.0159. The molecule has 90 valence electrons. The number of hydrogen-bond acceptors (Lipinski definition) is 4. The van der Waals surface area contributed by atoms with E-state index in [1.54, 1.807) is 18.4 Å². The molecule has 0 amide bonds. The van der Waals surface area contributed by atoms with Crippen LogP contribution in [0.2, 0.25) is 0 Å². The number of thiophene rings is 1. The first-order valence-electron chi connectivity index (χ1n) is 5.62. The van der Waals surface area contributed by atoms with Gasteiger partial charge in [0, 0.05) is 38.1 Å². The van der Waals surface area contributed by atoms with Crippen molar-refractivity contribution in [1.82, 2.24) is 5.32 Å². The van der Waals surface area contributed by atoms with Crippen LogP contribution in [0.25, 0.3) is 0 Å². The lowest BCUT2D eigenvalue weighted by Crippen LogP contribution is -2.42. The Bertz CT molecular complexity index is 332. The maximum Gasteiger partial charge on any atom is 0.106 e. The van der Waals surface area contributed by atoms with Gasteiger partial charge in [0.05, 0.1) is 6.61 Å². The van der Waals surface area contributed by atoms with Crippen molar-refractivity contribution in [3.8, 4) is 0 Å². The van der Waals surface area contributed by atoms with Crippen molar-refractivity contribution in [2.45, 2.75) is 25.5 Å². The summed E-state index contributed by atoms with van der Waals surface area (Å²) in [6, 6.07) is 2.16. The minimum absolute atomic E-state index is 0.106. The monoisotopic (exact) mass is 241 g/mol. The Kier molecular flexibility index (Phi) is 3.97. The fraction of sp³-hybridized carbons (Fsp3) is 0.667. The summed E-state index contributed by atoms with van der Waals surface area (Å²) in [5.74, 6) is 0. The van der Waals surface area contributed by atoms with Gasteiger partial charge in [-0.25, -0.2) is 0 Å². The van der Waals surface area contributed by atoms with E-state index in [0.717, 1.165) is 26.1 Å². The molecule has 1 fully saturated rings. The highest BCUT2D eigenvalue weighted by molar-refractivity contribution is 7.10. The third kappa shape index (κ3) is 2.63. The summed E-state index contributed by atoms with van der Waals surface area (Å²) in [5, 5.41) is 5.60. The second-order valence-electron chi connectivity index (χ2n) is 4.32. The van der Waals surface area contributed by atoms with Crippen LogP contribution in [0.1, 0.15) is 16.9 Å². The van der Waals surface area contributed by atoms with Crippen molar-refractivity contribution >= 4 is 11.3 Å². The maximum absolute atomic E-state index is 5.56. The van der Waals surface area contributed by atoms with Gasteiger partial charge in [-0.3, -0.25) is 0 Å². The van der Waals surface area contributed by atoms with E-state index >= 15 is 0 Å². The van der Waals surface area contributed by atoms with Crippen LogP contribution in [0.5, 0.6) is 0 Å². The van der Waals surface area contributed by atoms with Gasteiger partial charge in [0.2, 0.25) is 0 Å². The summed E-state index contributed by atoms with van der Waals surface area (Å²) in [6.45, 7) is 5.46. The maximum atomic E-state index is 5.56. The van der Waals surface area contributed by atoms with Crippen LogP contribution < -0.4 is 5.32 Å². The van der Waals surface area contributed by atoms with E-state index in [1.165, 1.54) is 10.4 Å². The van der Waals surface area contributed by atoms with Gasteiger partial charge in [-0.05, 0) is 23.9 Å². The van der Waals surface area contributed by atoms with Crippen molar-refractivity contribution in [2.75, 3.05) is 26.9 Å². The molecular formula is C12H19NO2S. The fourth-order valence-electron chi connectivity index (χ4n) is 1.95. The Hall–Kier alpha value is -0.420. The molecule has 4 heteroatoms. The number of methoxy groups -OCH3 is 1. The highest BCUT2D eigenvalue weighted by atomic mass is 32.1. The molecule has 1 N–H and O–H groups in total. The summed E-state index contributed by atoms with van der Waals surface area (Å²) in [4.78, 5) is 1.41. The van der Waals surface area contributed by atoms with E-state index in [4.69, 9.17) is 9.47 Å². The predicted octanol–water partition coefficient (Wildman–Crippen LogP) is 1.95. The van der Waals surface area contributed by atoms with Gasteiger partial charge in [0.15, 0.2) is 0 Å². The molecule has 0 aliphatic carbocycles. The van der Waals surface area contributed by atoms with Crippen molar-refractivity contribution < 1.29 is 9.47 Å². The quantitative estimate of drug-likeness (QED) is 0.854. The van der Waals surface area contributed by atoms with Crippen LogP contribution in [-0.4, -0.2) is 32.5 Å². The SMILES string of the molecule is COC1(CNCc2sccc2C)CCOC1. The first-order valence-corrected chi connectivity index (χ1v) is 6.50. The molecule has 0 aromatic carbocycles. The molecule has 0 bridgehead atoms. The Morgan fingerprint density at radius 3 is 3.06 bits per heavy atom. The van der Waals surface area contributed by atoms with Gasteiger partial charge in [-0.15, -0.1) is 11.3 Å². The predicted molar refractivity (Wildman–Crippen MR) is 65.9 cm³/mol. The fourth-order valence-corrected chi connectivity index (χ4v) is 2.83. The average molecular weight is 241 g/mol. The molecule has 0 radical (unpaired) electrons. The van der Waals surface area contributed by atoms with Crippen LogP contribution in [0, 0.1) is 6.92 Å². The van der Waals surface area contributed by atoms with Crippen LogP contribution >= 0.6 is 11.3 Å². The minimum atomic E-state index is -0.106. The molecule has 0 spiro atoms. The number of hydrogen-bond donors (Lipinski definition) is 1. The van der Waals surface area contributed by atoms with Crippen LogP contribution in [0.15, 0.2) is 11.4 Å². The van der Waals surface area contributed by atoms with E-state index < -0.39 is 0 Å². The van der Waals surface area contributed by atoms with E-state index in [2.05, 4.69) is 23.7 Å². The topological polar surface area (TPSA) is 30.5 Å². The lowest BCUT2D eigenvalue weighted by Gasteiger charge is -2.25. The Labute approximate surface area is 101 Å². The summed E-state index contributed by atoms with van der Waals surface area (Å²) in [6.07, 6.45) is 0.986. The summed E-state index contributed by atoms with van der Waals surface area (Å²) in [5.41, 5.74) is 1.26. The molecule has 2 rings (SSSR count). The van der Waals surface area contributed by atoms with Crippen LogP contribution in [0.3, 0.4) is 0 Å². The molecule has 1 aliphatic rings. The first kappa shape index (κ1) is 12.0. The lowest BCUT2D eigenvalue weighted by atomic mass is 10.0. The van der Waals surface area contributed by atoms with Gasteiger partial charge < -0.3 is 14.8 Å². The zero-order chi connectivity index (χ0) is 11.4. The molecule has 1 atom stereocenters. The molecular weight excluding hydrogens is 222 g/mol. The largest absolute Gasteiger partial charge is 0.378 e. The van der Waals surface area contributed by atoms with Crippen LogP contribution in [0.4, 0.5) is 0 Å². The van der Waals surface area contributed by atoms with Crippen molar-refractivity contribution in [2.24, 2.45) is 0 Å². The molecule has 2 heterocycles. The molecule has 0 saturated carbocycles. The van der Waals surface area contributed by atoms with E-state index in [-0.39, 0.29) is 5.60 Å². The Balaban J connectivity index is 1.81. The summed E-state index contributed by atoms with van der Waals surface area (Å²) in [7, 11) is 1.77. The van der Waals surface area contributed by atoms with Crippen LogP contribution in [-0.2, 0) is 16.0 Å². The Morgan fingerprint density at radius 2 is 2.50 bits per heavy atom. The molecule has 1 aromatic rings. The van der Waals surface area contributed by atoms with Gasteiger partial charge in [-0.2, -0.15) is 0 Å². The minimum Gasteiger partial charge on any atom is -0.378 e. The molecule has 1 saturated heterocycles. The van der Waals surface area contributed by atoms with Crippen molar-refractivity contribution in [3.63, 3.8) is 0 Å². The van der Waals surface area contributed by atoms with E-state index in [9.17, 15) is 0 Å². The number of ether oxygens (including phenoxy) is 2. The Morgan fingerprint density at radius 1 is 1.62 bits per heavy atom. The number of aryl methyl sites for hydroxylation is 1. The summed E-state index contributed by atoms with van der Waals surface area (Å²) < 4.78 is 11.0. The molecule has 16 heavy (non-hydrogen) atoms. The van der Waals surface area contributed by atoms with Gasteiger partial charge >= 0.3 is 0 Å². The zero-order valence-electron chi connectivity index (χ0n) is 9.91. The highest BCUT2D eigenvalue weighted by Crippen LogP contribution is 2.22. The van der Waals surface area contributed by atoms with Crippen molar-refractivity contribution in [3.05, 3.63) is 21.9 Å². The zero-order valence-corrected chi connectivity index (χ0v) is 10.7. The number of rotatable bonds is 5. The smallest absolute Gasteiger partial charge is 0.106 e. The highest BCUT2D eigenvalue weighted by Gasteiger charge is 2.34. The first-order chi connectivity index (χ1) is 7.76. The molecule has 1 aromatic heterocycles. The average Bonchev–Trinajstić information content (AvgIpc) is 2.90. The molecule has 1 unspecified atom stereocenters. The number of nitrogens with one attached hydrogen (secondary N) is 1. The van der Waals surface area contributed by atoms with Gasteiger partial charge in [0.25, 0.3) is 0 Å². The van der Waals surface area contributed by atoms with Crippen molar-refractivity contribution in [1.29, 1.82) is 0 Å². The van der Waals surface area contributed by atoms with Gasteiger partial charge in [-0.1, -0.05) is 0 Å². The van der Waals surface area contributed by atoms with E-state index in [1.807, 2.05) is 0 Å². The van der Waals surface area contributed by atoms with E-state index in [0.29, 0.717) is 6.61 Å².